The van der Waals surface area contributed by atoms with Crippen molar-refractivity contribution in [3.8, 4) is 0 Å². The number of quaternary nitrogens is 1. The SMILES string of the molecule is Cc1cc(NC(=O)C[N+]2(C)CCC[C@@H](OC(=O)C(O)(c3ccccc3)C3CCCC3)C2)no1. The van der Waals surface area contributed by atoms with Crippen LogP contribution in [0.5, 0.6) is 0 Å². The van der Waals surface area contributed by atoms with Gasteiger partial charge in [-0.1, -0.05) is 48.3 Å². The lowest BCUT2D eigenvalue weighted by molar-refractivity contribution is -0.909. The second-order valence-corrected chi connectivity index (χ2v) is 9.84. The monoisotopic (exact) mass is 456 g/mol. The van der Waals surface area contributed by atoms with E-state index in [1.54, 1.807) is 25.1 Å². The van der Waals surface area contributed by atoms with Gasteiger partial charge in [0.15, 0.2) is 24.1 Å². The number of likely N-dealkylation sites (N-methyl/N-ethyl adjacent to an activating group) is 1. The van der Waals surface area contributed by atoms with Gasteiger partial charge in [0.25, 0.3) is 5.91 Å². The number of piperidine rings is 1. The number of nitrogens with one attached hydrogen (secondary N) is 1. The van der Waals surface area contributed by atoms with Gasteiger partial charge in [0.2, 0.25) is 0 Å². The second kappa shape index (κ2) is 9.65. The normalized spacial score (nSPS) is 25.4. The first-order chi connectivity index (χ1) is 15.8. The molecular formula is C25H34N3O5+. The van der Waals surface area contributed by atoms with Crippen LogP contribution in [0, 0.1) is 12.8 Å². The van der Waals surface area contributed by atoms with Crippen LogP contribution in [0.15, 0.2) is 40.9 Å². The molecule has 1 saturated heterocycles. The first-order valence-electron chi connectivity index (χ1n) is 11.8. The third kappa shape index (κ3) is 5.28. The summed E-state index contributed by atoms with van der Waals surface area (Å²) in [6, 6.07) is 10.8. The maximum Gasteiger partial charge on any atom is 0.343 e. The molecule has 2 aromatic rings. The third-order valence-electron chi connectivity index (χ3n) is 7.03. The highest BCUT2D eigenvalue weighted by atomic mass is 16.6. The summed E-state index contributed by atoms with van der Waals surface area (Å²) in [5.74, 6) is 0.150. The van der Waals surface area contributed by atoms with Crippen LogP contribution in [0.2, 0.25) is 0 Å². The first kappa shape index (κ1) is 23.4. The fourth-order valence-corrected chi connectivity index (χ4v) is 5.37. The van der Waals surface area contributed by atoms with Crippen LogP contribution in [0.1, 0.15) is 49.8 Å². The minimum Gasteiger partial charge on any atom is -0.454 e. The molecule has 178 valence electrons. The lowest BCUT2D eigenvalue weighted by atomic mass is 9.80. The van der Waals surface area contributed by atoms with E-state index in [0.29, 0.717) is 28.2 Å². The summed E-state index contributed by atoms with van der Waals surface area (Å²) in [6.07, 6.45) is 4.82. The van der Waals surface area contributed by atoms with Gasteiger partial charge in [-0.3, -0.25) is 4.79 Å². The van der Waals surface area contributed by atoms with E-state index in [0.717, 1.165) is 45.1 Å². The molecule has 0 radical (unpaired) electrons. The molecule has 3 atom stereocenters. The molecule has 33 heavy (non-hydrogen) atoms. The number of amides is 1. The quantitative estimate of drug-likeness (QED) is 0.490. The van der Waals surface area contributed by atoms with Gasteiger partial charge >= 0.3 is 5.97 Å². The van der Waals surface area contributed by atoms with Crippen molar-refractivity contribution in [1.82, 2.24) is 5.16 Å². The van der Waals surface area contributed by atoms with Crippen molar-refractivity contribution in [1.29, 1.82) is 0 Å². The number of benzene rings is 1. The summed E-state index contributed by atoms with van der Waals surface area (Å²) in [5.41, 5.74) is -1.04. The van der Waals surface area contributed by atoms with Crippen molar-refractivity contribution in [2.45, 2.75) is 57.2 Å². The number of hydrogen-bond donors (Lipinski definition) is 2. The molecule has 2 unspecified atom stereocenters. The summed E-state index contributed by atoms with van der Waals surface area (Å²) in [7, 11) is 1.99. The van der Waals surface area contributed by atoms with Crippen LogP contribution in [0.4, 0.5) is 5.82 Å². The standard InChI is InChI=1S/C25H33N3O5/c1-18-15-22(27-33-18)26-23(29)17-28(2)14-8-13-21(16-28)32-24(30)25(31,20-11-6-7-12-20)19-9-4-3-5-10-19/h3-5,9-10,15,20-21,31H,6-8,11-14,16-17H2,1-2H3/p+1/t21-,25?,28?/m1/s1. The van der Waals surface area contributed by atoms with Crippen molar-refractivity contribution in [2.75, 3.05) is 32.0 Å². The smallest absolute Gasteiger partial charge is 0.343 e. The third-order valence-corrected chi connectivity index (χ3v) is 7.03. The summed E-state index contributed by atoms with van der Waals surface area (Å²) in [6.45, 7) is 3.34. The van der Waals surface area contributed by atoms with Gasteiger partial charge in [0.1, 0.15) is 12.3 Å². The fourth-order valence-electron chi connectivity index (χ4n) is 5.37. The molecule has 2 heterocycles. The molecule has 1 amide bonds. The average molecular weight is 457 g/mol. The van der Waals surface area contributed by atoms with Gasteiger partial charge in [0.05, 0.1) is 13.6 Å². The Morgan fingerprint density at radius 1 is 1.21 bits per heavy atom. The number of anilines is 1. The van der Waals surface area contributed by atoms with E-state index in [1.807, 2.05) is 25.2 Å². The molecule has 8 heteroatoms. The number of carbonyl (C=O) groups is 2. The Balaban J connectivity index is 1.43. The number of aliphatic hydroxyl groups is 1. The topological polar surface area (TPSA) is 102 Å². The van der Waals surface area contributed by atoms with E-state index in [4.69, 9.17) is 9.26 Å². The number of carbonyl (C=O) groups excluding carboxylic acids is 2. The van der Waals surface area contributed by atoms with Crippen LogP contribution in [0.3, 0.4) is 0 Å². The number of aryl methyl sites for hydroxylation is 1. The largest absolute Gasteiger partial charge is 0.454 e. The van der Waals surface area contributed by atoms with Gasteiger partial charge in [-0.2, -0.15) is 0 Å². The Labute approximate surface area is 194 Å². The van der Waals surface area contributed by atoms with E-state index in [9.17, 15) is 14.7 Å². The highest BCUT2D eigenvalue weighted by Crippen LogP contribution is 2.42. The number of aromatic nitrogens is 1. The molecule has 4 rings (SSSR count). The molecule has 0 bridgehead atoms. The maximum atomic E-state index is 13.4. The van der Waals surface area contributed by atoms with Crippen molar-refractivity contribution in [3.05, 3.63) is 47.7 Å². The van der Waals surface area contributed by atoms with Crippen molar-refractivity contribution >= 4 is 17.7 Å². The van der Waals surface area contributed by atoms with Crippen LogP contribution >= 0.6 is 0 Å². The summed E-state index contributed by atoms with van der Waals surface area (Å²) in [4.78, 5) is 26.0. The van der Waals surface area contributed by atoms with Crippen LogP contribution < -0.4 is 5.32 Å². The fraction of sp³-hybridized carbons (Fsp3) is 0.560. The lowest BCUT2D eigenvalue weighted by Gasteiger charge is -2.41. The van der Waals surface area contributed by atoms with Gasteiger partial charge in [-0.05, 0) is 31.7 Å². The predicted molar refractivity (Wildman–Crippen MR) is 122 cm³/mol. The van der Waals surface area contributed by atoms with Crippen molar-refractivity contribution < 1.29 is 28.4 Å². The molecular weight excluding hydrogens is 422 g/mol. The molecule has 8 nitrogen and oxygen atoms in total. The molecule has 2 N–H and O–H groups in total. The second-order valence-electron chi connectivity index (χ2n) is 9.84. The molecule has 2 fully saturated rings. The lowest BCUT2D eigenvalue weighted by Crippen LogP contribution is -2.57. The summed E-state index contributed by atoms with van der Waals surface area (Å²) >= 11 is 0. The zero-order chi connectivity index (χ0) is 23.5. The molecule has 1 aliphatic heterocycles. The number of likely N-dealkylation sites (tertiary alicyclic amines) is 1. The average Bonchev–Trinajstić information content (AvgIpc) is 3.45. The van der Waals surface area contributed by atoms with Gasteiger partial charge in [-0.15, -0.1) is 0 Å². The van der Waals surface area contributed by atoms with Crippen LogP contribution in [-0.2, 0) is 19.9 Å². The Hall–Kier alpha value is -2.71. The van der Waals surface area contributed by atoms with E-state index in [1.165, 1.54) is 0 Å². The number of rotatable bonds is 7. The van der Waals surface area contributed by atoms with E-state index in [-0.39, 0.29) is 24.5 Å². The van der Waals surface area contributed by atoms with Gasteiger partial charge < -0.3 is 24.2 Å². The molecule has 1 aliphatic carbocycles. The van der Waals surface area contributed by atoms with Gasteiger partial charge in [0, 0.05) is 18.4 Å². The predicted octanol–water partition coefficient (Wildman–Crippen LogP) is 3.15. The highest BCUT2D eigenvalue weighted by molar-refractivity contribution is 5.90. The van der Waals surface area contributed by atoms with Crippen LogP contribution in [-0.4, -0.2) is 59.4 Å². The molecule has 1 aromatic carbocycles. The molecule has 1 aromatic heterocycles. The van der Waals surface area contributed by atoms with E-state index < -0.39 is 11.6 Å². The number of nitrogens with zero attached hydrogens (tertiary/aromatic N) is 2. The number of ether oxygens (including phenoxy) is 1. The Bertz CT molecular complexity index is 971. The molecule has 2 aliphatic rings. The number of hydrogen-bond acceptors (Lipinski definition) is 6. The zero-order valence-electron chi connectivity index (χ0n) is 19.5. The molecule has 1 saturated carbocycles. The van der Waals surface area contributed by atoms with Gasteiger partial charge in [-0.25, -0.2) is 4.79 Å². The minimum atomic E-state index is -1.64. The van der Waals surface area contributed by atoms with E-state index >= 15 is 0 Å². The maximum absolute atomic E-state index is 13.4. The summed E-state index contributed by atoms with van der Waals surface area (Å²) in [5, 5.41) is 18.2. The Morgan fingerprint density at radius 3 is 2.61 bits per heavy atom. The molecule has 0 spiro atoms. The van der Waals surface area contributed by atoms with Crippen LogP contribution in [0.25, 0.3) is 0 Å². The van der Waals surface area contributed by atoms with E-state index in [2.05, 4.69) is 10.5 Å². The minimum absolute atomic E-state index is 0.145. The zero-order valence-corrected chi connectivity index (χ0v) is 19.5. The first-order valence-corrected chi connectivity index (χ1v) is 11.8. The highest BCUT2D eigenvalue weighted by Gasteiger charge is 2.49. The van der Waals surface area contributed by atoms with Crippen molar-refractivity contribution in [3.63, 3.8) is 0 Å². The van der Waals surface area contributed by atoms with Crippen molar-refractivity contribution in [2.24, 2.45) is 5.92 Å². The Kier molecular flexibility index (Phi) is 6.86. The Morgan fingerprint density at radius 2 is 1.94 bits per heavy atom. The summed E-state index contributed by atoms with van der Waals surface area (Å²) < 4.78 is 11.4. The number of esters is 1.